The van der Waals surface area contributed by atoms with E-state index >= 15 is 0 Å². The molecule has 1 aromatic heterocycles. The Bertz CT molecular complexity index is 552. The Morgan fingerprint density at radius 2 is 2.00 bits per heavy atom. The molecular formula is C15H20ClFN2O. The van der Waals surface area contributed by atoms with Crippen molar-refractivity contribution in [1.82, 2.24) is 10.1 Å². The van der Waals surface area contributed by atoms with Crippen LogP contribution < -0.4 is 0 Å². The molecule has 0 amide bonds. The molecular weight excluding hydrogens is 279 g/mol. The second-order valence-corrected chi connectivity index (χ2v) is 5.28. The summed E-state index contributed by atoms with van der Waals surface area (Å²) < 4.78 is 18.2. The first-order valence-electron chi connectivity index (χ1n) is 7.09. The van der Waals surface area contributed by atoms with Crippen molar-refractivity contribution in [3.05, 3.63) is 29.7 Å². The SMILES string of the molecule is Cl.Fc1ccc2c(CCCN3CCCCC3)noc2c1. The van der Waals surface area contributed by atoms with E-state index in [1.807, 2.05) is 0 Å². The van der Waals surface area contributed by atoms with Crippen LogP contribution >= 0.6 is 12.4 Å². The molecule has 2 aromatic rings. The smallest absolute Gasteiger partial charge is 0.170 e. The predicted octanol–water partition coefficient (Wildman–Crippen LogP) is 3.81. The Morgan fingerprint density at radius 3 is 2.80 bits per heavy atom. The number of piperidine rings is 1. The highest BCUT2D eigenvalue weighted by molar-refractivity contribution is 5.85. The lowest BCUT2D eigenvalue weighted by Gasteiger charge is -2.26. The van der Waals surface area contributed by atoms with Gasteiger partial charge in [0.25, 0.3) is 0 Å². The average Bonchev–Trinajstić information content (AvgIpc) is 2.82. The highest BCUT2D eigenvalue weighted by Crippen LogP contribution is 2.20. The van der Waals surface area contributed by atoms with Crippen LogP contribution in [0.4, 0.5) is 4.39 Å². The molecule has 0 saturated carbocycles. The molecule has 1 fully saturated rings. The van der Waals surface area contributed by atoms with Crippen molar-refractivity contribution in [3.63, 3.8) is 0 Å². The second kappa shape index (κ2) is 7.04. The van der Waals surface area contributed by atoms with Crippen LogP contribution in [0.15, 0.2) is 22.7 Å². The van der Waals surface area contributed by atoms with Crippen LogP contribution in [0.2, 0.25) is 0 Å². The third kappa shape index (κ3) is 3.49. The molecule has 3 nitrogen and oxygen atoms in total. The third-order valence-electron chi connectivity index (χ3n) is 3.85. The number of aromatic nitrogens is 1. The molecule has 1 aliphatic rings. The minimum atomic E-state index is -0.275. The van der Waals surface area contributed by atoms with Crippen molar-refractivity contribution in [1.29, 1.82) is 0 Å². The predicted molar refractivity (Wildman–Crippen MR) is 79.8 cm³/mol. The quantitative estimate of drug-likeness (QED) is 0.859. The summed E-state index contributed by atoms with van der Waals surface area (Å²) in [4.78, 5) is 2.52. The highest BCUT2D eigenvalue weighted by Gasteiger charge is 2.12. The van der Waals surface area contributed by atoms with E-state index in [4.69, 9.17) is 4.52 Å². The van der Waals surface area contributed by atoms with E-state index in [2.05, 4.69) is 10.1 Å². The fraction of sp³-hybridized carbons (Fsp3) is 0.533. The van der Waals surface area contributed by atoms with Crippen LogP contribution in [-0.4, -0.2) is 29.7 Å². The Hall–Kier alpha value is -1.13. The topological polar surface area (TPSA) is 29.3 Å². The van der Waals surface area contributed by atoms with Crippen molar-refractivity contribution in [3.8, 4) is 0 Å². The van der Waals surface area contributed by atoms with Gasteiger partial charge in [-0.05, 0) is 57.5 Å². The molecule has 2 heterocycles. The van der Waals surface area contributed by atoms with Crippen molar-refractivity contribution in [2.24, 2.45) is 0 Å². The van der Waals surface area contributed by atoms with Gasteiger partial charge in [-0.1, -0.05) is 11.6 Å². The standard InChI is InChI=1S/C15H19FN2O.ClH/c16-12-6-7-13-14(17-19-15(13)11-12)5-4-10-18-8-2-1-3-9-18;/h6-7,11H,1-5,8-10H2;1H. The van der Waals surface area contributed by atoms with Gasteiger partial charge in [-0.15, -0.1) is 12.4 Å². The maximum atomic E-state index is 13.0. The van der Waals surface area contributed by atoms with E-state index in [0.29, 0.717) is 5.58 Å². The summed E-state index contributed by atoms with van der Waals surface area (Å²) in [6, 6.07) is 4.63. The molecule has 0 unspecified atom stereocenters. The van der Waals surface area contributed by atoms with Gasteiger partial charge < -0.3 is 9.42 Å². The molecule has 0 bridgehead atoms. The lowest BCUT2D eigenvalue weighted by atomic mass is 10.1. The second-order valence-electron chi connectivity index (χ2n) is 5.28. The third-order valence-corrected chi connectivity index (χ3v) is 3.85. The molecule has 0 atom stereocenters. The van der Waals surface area contributed by atoms with Crippen molar-refractivity contribution >= 4 is 23.4 Å². The average molecular weight is 299 g/mol. The van der Waals surface area contributed by atoms with E-state index in [-0.39, 0.29) is 18.2 Å². The monoisotopic (exact) mass is 298 g/mol. The molecule has 1 aliphatic heterocycles. The van der Waals surface area contributed by atoms with Gasteiger partial charge in [0.05, 0.1) is 5.69 Å². The fourth-order valence-corrected chi connectivity index (χ4v) is 2.80. The number of aryl methyl sites for hydroxylation is 1. The number of nitrogens with zero attached hydrogens (tertiary/aromatic N) is 2. The lowest BCUT2D eigenvalue weighted by Crippen LogP contribution is -2.30. The van der Waals surface area contributed by atoms with Gasteiger partial charge in [0, 0.05) is 11.5 Å². The summed E-state index contributed by atoms with van der Waals surface area (Å²) in [5.41, 5.74) is 1.50. The van der Waals surface area contributed by atoms with Crippen LogP contribution in [0.3, 0.4) is 0 Å². The maximum absolute atomic E-state index is 13.0. The van der Waals surface area contributed by atoms with Gasteiger partial charge in [0.2, 0.25) is 0 Å². The molecule has 0 N–H and O–H groups in total. The van der Waals surface area contributed by atoms with Crippen molar-refractivity contribution in [2.45, 2.75) is 32.1 Å². The van der Waals surface area contributed by atoms with E-state index in [1.54, 1.807) is 6.07 Å². The van der Waals surface area contributed by atoms with E-state index < -0.39 is 0 Å². The van der Waals surface area contributed by atoms with Gasteiger partial charge in [0.1, 0.15) is 5.82 Å². The zero-order valence-electron chi connectivity index (χ0n) is 11.5. The Morgan fingerprint density at radius 1 is 1.20 bits per heavy atom. The Kier molecular flexibility index (Phi) is 5.38. The number of halogens is 2. The zero-order chi connectivity index (χ0) is 13.1. The summed E-state index contributed by atoms with van der Waals surface area (Å²) in [5.74, 6) is -0.275. The van der Waals surface area contributed by atoms with Gasteiger partial charge in [-0.25, -0.2) is 4.39 Å². The first-order chi connectivity index (χ1) is 9.33. The molecule has 0 spiro atoms. The van der Waals surface area contributed by atoms with Crippen LogP contribution in [0, 0.1) is 5.82 Å². The van der Waals surface area contributed by atoms with E-state index in [9.17, 15) is 4.39 Å². The number of likely N-dealkylation sites (tertiary alicyclic amines) is 1. The number of benzene rings is 1. The van der Waals surface area contributed by atoms with Gasteiger partial charge >= 0.3 is 0 Å². The summed E-state index contributed by atoms with van der Waals surface area (Å²) in [6.45, 7) is 3.57. The minimum absolute atomic E-state index is 0. The van der Waals surface area contributed by atoms with E-state index in [1.165, 1.54) is 44.5 Å². The Balaban J connectivity index is 0.00000147. The first kappa shape index (κ1) is 15.3. The molecule has 5 heteroatoms. The molecule has 1 saturated heterocycles. The largest absolute Gasteiger partial charge is 0.356 e. The number of hydrogen-bond acceptors (Lipinski definition) is 3. The number of hydrogen-bond donors (Lipinski definition) is 0. The molecule has 20 heavy (non-hydrogen) atoms. The molecule has 110 valence electrons. The van der Waals surface area contributed by atoms with Crippen molar-refractivity contribution in [2.75, 3.05) is 19.6 Å². The summed E-state index contributed by atoms with van der Waals surface area (Å²) in [6.07, 6.45) is 6.00. The first-order valence-corrected chi connectivity index (χ1v) is 7.09. The van der Waals surface area contributed by atoms with Crippen molar-refractivity contribution < 1.29 is 8.91 Å². The van der Waals surface area contributed by atoms with Gasteiger partial charge in [-0.2, -0.15) is 0 Å². The molecule has 0 aliphatic carbocycles. The highest BCUT2D eigenvalue weighted by atomic mass is 35.5. The maximum Gasteiger partial charge on any atom is 0.170 e. The fourth-order valence-electron chi connectivity index (χ4n) is 2.80. The number of rotatable bonds is 4. The summed E-state index contributed by atoms with van der Waals surface area (Å²) >= 11 is 0. The minimum Gasteiger partial charge on any atom is -0.356 e. The lowest BCUT2D eigenvalue weighted by molar-refractivity contribution is 0.226. The van der Waals surface area contributed by atoms with Crippen LogP contribution in [0.1, 0.15) is 31.4 Å². The van der Waals surface area contributed by atoms with E-state index in [0.717, 1.165) is 30.5 Å². The van der Waals surface area contributed by atoms with Crippen LogP contribution in [0.25, 0.3) is 11.0 Å². The van der Waals surface area contributed by atoms with Crippen LogP contribution in [0.5, 0.6) is 0 Å². The van der Waals surface area contributed by atoms with Gasteiger partial charge in [0.15, 0.2) is 5.58 Å². The zero-order valence-corrected chi connectivity index (χ0v) is 12.3. The number of fused-ring (bicyclic) bond motifs is 1. The summed E-state index contributed by atoms with van der Waals surface area (Å²) in [5, 5.41) is 5.00. The molecule has 0 radical (unpaired) electrons. The van der Waals surface area contributed by atoms with Gasteiger partial charge in [-0.3, -0.25) is 0 Å². The molecule has 3 rings (SSSR count). The Labute approximate surface area is 124 Å². The normalized spacial score (nSPS) is 16.2. The summed E-state index contributed by atoms with van der Waals surface area (Å²) in [7, 11) is 0. The van der Waals surface area contributed by atoms with Crippen LogP contribution in [-0.2, 0) is 6.42 Å². The molecule has 1 aromatic carbocycles.